The standard InChI is InChI=1S/C9H15NO2/c1-9(2)5-3-8(7-9)4-6-10(11)12/h4,6,8H,3,5,7H2,1-2H3/b6-4+. The molecule has 1 aliphatic rings. The Labute approximate surface area is 72.6 Å². The van der Waals surface area contributed by atoms with Crippen molar-refractivity contribution < 1.29 is 4.92 Å². The zero-order valence-corrected chi connectivity index (χ0v) is 7.62. The molecule has 0 aliphatic heterocycles. The molecule has 1 fully saturated rings. The van der Waals surface area contributed by atoms with Gasteiger partial charge in [0.05, 0.1) is 4.92 Å². The van der Waals surface area contributed by atoms with Gasteiger partial charge in [0.25, 0.3) is 0 Å². The van der Waals surface area contributed by atoms with Crippen LogP contribution in [0.15, 0.2) is 12.3 Å². The van der Waals surface area contributed by atoms with Crippen molar-refractivity contribution in [2.75, 3.05) is 0 Å². The van der Waals surface area contributed by atoms with Crippen LogP contribution in [0.5, 0.6) is 0 Å². The maximum absolute atomic E-state index is 10.0. The Hall–Kier alpha value is -0.860. The van der Waals surface area contributed by atoms with E-state index < -0.39 is 0 Å². The molecular weight excluding hydrogens is 154 g/mol. The second-order valence-corrected chi connectivity index (χ2v) is 4.29. The van der Waals surface area contributed by atoms with E-state index in [0.29, 0.717) is 11.3 Å². The Kier molecular flexibility index (Phi) is 2.50. The van der Waals surface area contributed by atoms with Crippen molar-refractivity contribution in [1.29, 1.82) is 0 Å². The second-order valence-electron chi connectivity index (χ2n) is 4.29. The topological polar surface area (TPSA) is 43.1 Å². The second kappa shape index (κ2) is 3.25. The number of nitro groups is 1. The number of rotatable bonds is 2. The van der Waals surface area contributed by atoms with E-state index in [4.69, 9.17) is 0 Å². The minimum absolute atomic E-state index is 0.381. The zero-order valence-electron chi connectivity index (χ0n) is 7.62. The number of hydrogen-bond donors (Lipinski definition) is 0. The van der Waals surface area contributed by atoms with Crippen LogP contribution in [0.25, 0.3) is 0 Å². The molecule has 0 amide bonds. The smallest absolute Gasteiger partial charge is 0.230 e. The van der Waals surface area contributed by atoms with Gasteiger partial charge < -0.3 is 0 Å². The molecule has 0 N–H and O–H groups in total. The van der Waals surface area contributed by atoms with Crippen molar-refractivity contribution in [2.45, 2.75) is 33.1 Å². The van der Waals surface area contributed by atoms with E-state index in [-0.39, 0.29) is 4.92 Å². The molecule has 0 aromatic rings. The number of allylic oxidation sites excluding steroid dienone is 1. The van der Waals surface area contributed by atoms with Crippen molar-refractivity contribution in [3.8, 4) is 0 Å². The van der Waals surface area contributed by atoms with Crippen LogP contribution >= 0.6 is 0 Å². The summed E-state index contributed by atoms with van der Waals surface area (Å²) in [5.41, 5.74) is 0.381. The lowest BCUT2D eigenvalue weighted by molar-refractivity contribution is -0.402. The zero-order chi connectivity index (χ0) is 9.19. The molecule has 0 bridgehead atoms. The van der Waals surface area contributed by atoms with E-state index in [1.54, 1.807) is 6.08 Å². The molecule has 3 nitrogen and oxygen atoms in total. The highest BCUT2D eigenvalue weighted by molar-refractivity contribution is 4.92. The first-order valence-corrected chi connectivity index (χ1v) is 4.31. The highest BCUT2D eigenvalue weighted by Crippen LogP contribution is 2.41. The van der Waals surface area contributed by atoms with E-state index in [1.807, 2.05) is 0 Å². The molecule has 12 heavy (non-hydrogen) atoms. The minimum Gasteiger partial charge on any atom is -0.259 e. The summed E-state index contributed by atoms with van der Waals surface area (Å²) in [5, 5.41) is 10.0. The highest BCUT2D eigenvalue weighted by Gasteiger charge is 2.29. The molecule has 0 saturated heterocycles. The average molecular weight is 169 g/mol. The van der Waals surface area contributed by atoms with Gasteiger partial charge in [-0.1, -0.05) is 13.8 Å². The van der Waals surface area contributed by atoms with Crippen LogP contribution in [-0.4, -0.2) is 4.92 Å². The molecule has 0 aromatic carbocycles. The maximum Gasteiger partial charge on any atom is 0.230 e. The van der Waals surface area contributed by atoms with Crippen molar-refractivity contribution in [1.82, 2.24) is 0 Å². The summed E-state index contributed by atoms with van der Waals surface area (Å²) in [5.74, 6) is 0.422. The fourth-order valence-corrected chi connectivity index (χ4v) is 1.85. The summed E-state index contributed by atoms with van der Waals surface area (Å²) in [6, 6.07) is 0. The van der Waals surface area contributed by atoms with E-state index in [2.05, 4.69) is 13.8 Å². The molecule has 3 heteroatoms. The van der Waals surface area contributed by atoms with Crippen molar-refractivity contribution >= 4 is 0 Å². The Morgan fingerprint density at radius 1 is 1.58 bits per heavy atom. The quantitative estimate of drug-likeness (QED) is 0.471. The van der Waals surface area contributed by atoms with Gasteiger partial charge in [0.1, 0.15) is 0 Å². The monoisotopic (exact) mass is 169 g/mol. The highest BCUT2D eigenvalue weighted by atomic mass is 16.6. The van der Waals surface area contributed by atoms with Gasteiger partial charge in [0.2, 0.25) is 6.20 Å². The third-order valence-electron chi connectivity index (χ3n) is 2.49. The lowest BCUT2D eigenvalue weighted by atomic mass is 9.91. The average Bonchev–Trinajstić information content (AvgIpc) is 2.26. The fourth-order valence-electron chi connectivity index (χ4n) is 1.85. The molecule has 0 heterocycles. The van der Waals surface area contributed by atoms with Gasteiger partial charge in [0.15, 0.2) is 0 Å². The predicted octanol–water partition coefficient (Wildman–Crippen LogP) is 2.60. The van der Waals surface area contributed by atoms with Gasteiger partial charge in [-0.15, -0.1) is 0 Å². The van der Waals surface area contributed by atoms with Crippen LogP contribution < -0.4 is 0 Å². The molecule has 0 spiro atoms. The Bertz CT molecular complexity index is 209. The first-order valence-electron chi connectivity index (χ1n) is 4.31. The summed E-state index contributed by atoms with van der Waals surface area (Å²) in [7, 11) is 0. The molecule has 1 aliphatic carbocycles. The predicted molar refractivity (Wildman–Crippen MR) is 47.3 cm³/mol. The summed E-state index contributed by atoms with van der Waals surface area (Å²) in [6.07, 6.45) is 6.16. The van der Waals surface area contributed by atoms with Crippen LogP contribution in [0.2, 0.25) is 0 Å². The fraction of sp³-hybridized carbons (Fsp3) is 0.778. The normalized spacial score (nSPS) is 28.0. The van der Waals surface area contributed by atoms with E-state index in [0.717, 1.165) is 19.0 Å². The third kappa shape index (κ3) is 2.64. The molecule has 68 valence electrons. The largest absolute Gasteiger partial charge is 0.259 e. The summed E-state index contributed by atoms with van der Waals surface area (Å²) in [6.45, 7) is 4.43. The maximum atomic E-state index is 10.0. The summed E-state index contributed by atoms with van der Waals surface area (Å²) in [4.78, 5) is 9.65. The third-order valence-corrected chi connectivity index (χ3v) is 2.49. The molecule has 1 atom stereocenters. The lowest BCUT2D eigenvalue weighted by Crippen LogP contribution is -2.04. The van der Waals surface area contributed by atoms with E-state index in [1.165, 1.54) is 6.42 Å². The summed E-state index contributed by atoms with van der Waals surface area (Å²) < 4.78 is 0. The number of hydrogen-bond acceptors (Lipinski definition) is 2. The van der Waals surface area contributed by atoms with Crippen molar-refractivity contribution in [3.63, 3.8) is 0 Å². The number of nitrogens with zero attached hydrogens (tertiary/aromatic N) is 1. The molecule has 0 radical (unpaired) electrons. The Balaban J connectivity index is 2.43. The van der Waals surface area contributed by atoms with Crippen LogP contribution in [0.3, 0.4) is 0 Å². The van der Waals surface area contributed by atoms with Gasteiger partial charge in [-0.05, 0) is 36.7 Å². The van der Waals surface area contributed by atoms with Gasteiger partial charge in [-0.2, -0.15) is 0 Å². The van der Waals surface area contributed by atoms with Crippen LogP contribution in [0, 0.1) is 21.4 Å². The summed E-state index contributed by atoms with van der Waals surface area (Å²) >= 11 is 0. The van der Waals surface area contributed by atoms with Gasteiger partial charge in [0, 0.05) is 0 Å². The van der Waals surface area contributed by atoms with Gasteiger partial charge in [-0.3, -0.25) is 10.1 Å². The van der Waals surface area contributed by atoms with Crippen molar-refractivity contribution in [3.05, 3.63) is 22.4 Å². The lowest BCUT2D eigenvalue weighted by Gasteiger charge is -2.15. The first kappa shape index (κ1) is 9.23. The van der Waals surface area contributed by atoms with E-state index >= 15 is 0 Å². The van der Waals surface area contributed by atoms with Crippen LogP contribution in [0.4, 0.5) is 0 Å². The minimum atomic E-state index is -0.384. The van der Waals surface area contributed by atoms with Crippen molar-refractivity contribution in [2.24, 2.45) is 11.3 Å². The van der Waals surface area contributed by atoms with Gasteiger partial charge >= 0.3 is 0 Å². The SMILES string of the molecule is CC1(C)CCC(/C=C/[N+](=O)[O-])C1. The molecule has 1 saturated carbocycles. The van der Waals surface area contributed by atoms with Gasteiger partial charge in [-0.25, -0.2) is 0 Å². The first-order chi connectivity index (χ1) is 5.49. The van der Waals surface area contributed by atoms with E-state index in [9.17, 15) is 10.1 Å². The van der Waals surface area contributed by atoms with Crippen LogP contribution in [-0.2, 0) is 0 Å². The Morgan fingerprint density at radius 2 is 2.25 bits per heavy atom. The molecular formula is C9H15NO2. The molecule has 1 rings (SSSR count). The molecule has 0 aromatic heterocycles. The van der Waals surface area contributed by atoms with Crippen LogP contribution in [0.1, 0.15) is 33.1 Å². The molecule has 1 unspecified atom stereocenters. The Morgan fingerprint density at radius 3 is 2.67 bits per heavy atom.